The molecule has 2 amide bonds. The van der Waals surface area contributed by atoms with Crippen LogP contribution in [-0.4, -0.2) is 63.0 Å². The van der Waals surface area contributed by atoms with Crippen LogP contribution in [-0.2, 0) is 9.59 Å². The highest BCUT2D eigenvalue weighted by Crippen LogP contribution is 2.35. The molecule has 0 bridgehead atoms. The molecular weight excluding hydrogens is 420 g/mol. The Labute approximate surface area is 191 Å². The maximum atomic E-state index is 13.3. The summed E-state index contributed by atoms with van der Waals surface area (Å²) in [5.74, 6) is 0.484. The molecule has 10 nitrogen and oxygen atoms in total. The fraction of sp³-hybridized carbons (Fsp3) is 0.391. The van der Waals surface area contributed by atoms with E-state index in [1.54, 1.807) is 23.6 Å². The van der Waals surface area contributed by atoms with E-state index in [9.17, 15) is 9.59 Å². The van der Waals surface area contributed by atoms with Crippen molar-refractivity contribution >= 4 is 28.8 Å². The maximum absolute atomic E-state index is 13.3. The fourth-order valence-electron chi connectivity index (χ4n) is 4.95. The Balaban J connectivity index is 1.56. The summed E-state index contributed by atoms with van der Waals surface area (Å²) in [6.07, 6.45) is 1.46. The van der Waals surface area contributed by atoms with Crippen molar-refractivity contribution in [2.45, 2.75) is 32.2 Å². The van der Waals surface area contributed by atoms with Gasteiger partial charge in [-0.2, -0.15) is 5.10 Å². The van der Waals surface area contributed by atoms with Gasteiger partial charge < -0.3 is 15.5 Å². The molecule has 3 aromatic rings. The third-order valence-corrected chi connectivity index (χ3v) is 6.70. The Kier molecular flexibility index (Phi) is 5.06. The lowest BCUT2D eigenvalue weighted by Crippen LogP contribution is -2.64. The molecule has 1 aromatic carbocycles. The molecule has 5 rings (SSSR count). The van der Waals surface area contributed by atoms with Gasteiger partial charge in [0, 0.05) is 50.3 Å². The lowest BCUT2D eigenvalue weighted by Gasteiger charge is -2.45. The standard InChI is InChI=1S/C23H28N8O2/c1-14(32)30-8-7-29(22(33)23(30,2)3)17-6-4-5-15(9-17)19-10-18(16-11-26-27-12-16)20-21(24)25-13-28-31(19)20/h4-6,9-10,13,16,26-27H,7-8,11-12H2,1-3H3,(H2,24,25,28). The van der Waals surface area contributed by atoms with Gasteiger partial charge in [-0.15, -0.1) is 0 Å². The number of fused-ring (bicyclic) bond motifs is 1. The number of carbonyl (C=O) groups is 2. The number of aromatic nitrogens is 3. The van der Waals surface area contributed by atoms with Gasteiger partial charge in [0.05, 0.1) is 5.69 Å². The Bertz CT molecular complexity index is 1240. The second kappa shape index (κ2) is 7.82. The maximum Gasteiger partial charge on any atom is 0.252 e. The van der Waals surface area contributed by atoms with E-state index in [1.165, 1.54) is 13.3 Å². The first-order chi connectivity index (χ1) is 15.8. The minimum atomic E-state index is -0.904. The lowest BCUT2D eigenvalue weighted by atomic mass is 9.96. The van der Waals surface area contributed by atoms with E-state index in [2.05, 4.69) is 27.0 Å². The molecule has 33 heavy (non-hydrogen) atoms. The van der Waals surface area contributed by atoms with Crippen LogP contribution >= 0.6 is 0 Å². The molecule has 0 atom stereocenters. The molecule has 2 saturated heterocycles. The first-order valence-corrected chi connectivity index (χ1v) is 11.1. The largest absolute Gasteiger partial charge is 0.382 e. The van der Waals surface area contributed by atoms with E-state index >= 15 is 0 Å². The predicted molar refractivity (Wildman–Crippen MR) is 125 cm³/mol. The third kappa shape index (κ3) is 3.42. The minimum absolute atomic E-state index is 0.0953. The molecule has 4 N–H and O–H groups in total. The van der Waals surface area contributed by atoms with Gasteiger partial charge in [0.1, 0.15) is 17.4 Å². The van der Waals surface area contributed by atoms with Crippen molar-refractivity contribution in [2.24, 2.45) is 0 Å². The molecule has 2 aliphatic rings. The van der Waals surface area contributed by atoms with Gasteiger partial charge in [-0.1, -0.05) is 12.1 Å². The second-order valence-corrected chi connectivity index (χ2v) is 9.09. The number of nitrogens with zero attached hydrogens (tertiary/aromatic N) is 5. The molecule has 0 spiro atoms. The van der Waals surface area contributed by atoms with Crippen LogP contribution in [0.3, 0.4) is 0 Å². The number of nitrogens with two attached hydrogens (primary N) is 1. The molecule has 2 aliphatic heterocycles. The average Bonchev–Trinajstić information content (AvgIpc) is 3.44. The van der Waals surface area contributed by atoms with E-state index in [0.29, 0.717) is 18.9 Å². The number of hydrogen-bond acceptors (Lipinski definition) is 7. The highest BCUT2D eigenvalue weighted by atomic mass is 16.2. The van der Waals surface area contributed by atoms with Crippen molar-refractivity contribution in [1.29, 1.82) is 0 Å². The van der Waals surface area contributed by atoms with Crippen molar-refractivity contribution in [3.8, 4) is 11.3 Å². The van der Waals surface area contributed by atoms with Gasteiger partial charge >= 0.3 is 0 Å². The highest BCUT2D eigenvalue weighted by Gasteiger charge is 2.43. The zero-order valence-corrected chi connectivity index (χ0v) is 19.0. The molecule has 0 unspecified atom stereocenters. The number of carbonyl (C=O) groups excluding carboxylic acids is 2. The van der Waals surface area contributed by atoms with Crippen molar-refractivity contribution in [3.63, 3.8) is 0 Å². The van der Waals surface area contributed by atoms with Gasteiger partial charge in [0.15, 0.2) is 5.82 Å². The van der Waals surface area contributed by atoms with Crippen LogP contribution in [0.4, 0.5) is 11.5 Å². The quantitative estimate of drug-likeness (QED) is 0.549. The summed E-state index contributed by atoms with van der Waals surface area (Å²) in [4.78, 5) is 32.9. The first-order valence-electron chi connectivity index (χ1n) is 11.1. The van der Waals surface area contributed by atoms with Gasteiger partial charge in [-0.05, 0) is 37.6 Å². The molecule has 10 heteroatoms. The van der Waals surface area contributed by atoms with Crippen molar-refractivity contribution in [3.05, 3.63) is 42.2 Å². The zero-order chi connectivity index (χ0) is 23.3. The van der Waals surface area contributed by atoms with E-state index < -0.39 is 5.54 Å². The summed E-state index contributed by atoms with van der Waals surface area (Å²) in [7, 11) is 0. The van der Waals surface area contributed by atoms with E-state index in [-0.39, 0.29) is 17.7 Å². The minimum Gasteiger partial charge on any atom is -0.382 e. The zero-order valence-electron chi connectivity index (χ0n) is 19.0. The average molecular weight is 449 g/mol. The monoisotopic (exact) mass is 448 g/mol. The number of amides is 2. The number of hydrazine groups is 1. The summed E-state index contributed by atoms with van der Waals surface area (Å²) in [6, 6.07) is 9.96. The predicted octanol–water partition coefficient (Wildman–Crippen LogP) is 1.14. The molecule has 0 radical (unpaired) electrons. The number of nitrogen functional groups attached to an aromatic ring is 1. The first kappa shape index (κ1) is 21.4. The van der Waals surface area contributed by atoms with Crippen molar-refractivity contribution in [2.75, 3.05) is 36.8 Å². The number of piperazine rings is 1. The van der Waals surface area contributed by atoms with Crippen LogP contribution in [0.5, 0.6) is 0 Å². The number of rotatable bonds is 3. The molecule has 2 fully saturated rings. The molecule has 4 heterocycles. The fourth-order valence-corrected chi connectivity index (χ4v) is 4.95. The van der Waals surface area contributed by atoms with Crippen LogP contribution in [0.25, 0.3) is 16.8 Å². The summed E-state index contributed by atoms with van der Waals surface area (Å²) in [6.45, 7) is 7.60. The van der Waals surface area contributed by atoms with E-state index in [1.807, 2.05) is 28.8 Å². The topological polar surface area (TPSA) is 121 Å². The SMILES string of the molecule is CC(=O)N1CCN(c2cccc(-c3cc(C4CNNC4)c4c(N)ncnn34)c2)C(=O)C1(C)C. The second-order valence-electron chi connectivity index (χ2n) is 9.09. The van der Waals surface area contributed by atoms with E-state index in [4.69, 9.17) is 5.73 Å². The van der Waals surface area contributed by atoms with Crippen LogP contribution in [0.1, 0.15) is 32.3 Å². The Morgan fingerprint density at radius 3 is 2.67 bits per heavy atom. The molecule has 0 aliphatic carbocycles. The van der Waals surface area contributed by atoms with Crippen molar-refractivity contribution < 1.29 is 9.59 Å². The number of benzene rings is 1. The van der Waals surface area contributed by atoms with Crippen molar-refractivity contribution in [1.82, 2.24) is 30.3 Å². The Hall–Kier alpha value is -3.50. The smallest absolute Gasteiger partial charge is 0.252 e. The molecular formula is C23H28N8O2. The molecule has 0 saturated carbocycles. The van der Waals surface area contributed by atoms with Crippen LogP contribution in [0, 0.1) is 0 Å². The Morgan fingerprint density at radius 1 is 1.18 bits per heavy atom. The number of anilines is 2. The summed E-state index contributed by atoms with van der Waals surface area (Å²) in [5, 5.41) is 4.48. The van der Waals surface area contributed by atoms with Gasteiger partial charge in [-0.25, -0.2) is 9.50 Å². The third-order valence-electron chi connectivity index (χ3n) is 6.70. The van der Waals surface area contributed by atoms with Gasteiger partial charge in [-0.3, -0.25) is 20.4 Å². The van der Waals surface area contributed by atoms with Crippen LogP contribution in [0.2, 0.25) is 0 Å². The van der Waals surface area contributed by atoms with Gasteiger partial charge in [0.25, 0.3) is 5.91 Å². The number of nitrogens with one attached hydrogen (secondary N) is 2. The van der Waals surface area contributed by atoms with Gasteiger partial charge in [0.2, 0.25) is 5.91 Å². The molecule has 2 aromatic heterocycles. The normalized spacial score (nSPS) is 18.9. The summed E-state index contributed by atoms with van der Waals surface area (Å²) < 4.78 is 1.83. The summed E-state index contributed by atoms with van der Waals surface area (Å²) in [5.41, 5.74) is 16.2. The highest BCUT2D eigenvalue weighted by molar-refractivity contribution is 6.03. The van der Waals surface area contributed by atoms with Crippen LogP contribution < -0.4 is 21.5 Å². The lowest BCUT2D eigenvalue weighted by molar-refractivity contribution is -0.145. The molecule has 172 valence electrons. The van der Waals surface area contributed by atoms with E-state index in [0.717, 1.165) is 41.1 Å². The van der Waals surface area contributed by atoms with Crippen LogP contribution in [0.15, 0.2) is 36.7 Å². The summed E-state index contributed by atoms with van der Waals surface area (Å²) >= 11 is 0. The Morgan fingerprint density at radius 2 is 1.94 bits per heavy atom. The number of hydrogen-bond donors (Lipinski definition) is 3.